The Morgan fingerprint density at radius 2 is 1.71 bits per heavy atom. The fourth-order valence-electron chi connectivity index (χ4n) is 2.56. The monoisotopic (exact) mass is 332 g/mol. The zero-order valence-corrected chi connectivity index (χ0v) is 14.0. The van der Waals surface area contributed by atoms with E-state index in [1.165, 1.54) is 23.4 Å². The number of aryl methyl sites for hydroxylation is 1. The topological polar surface area (TPSA) is 97.5 Å². The summed E-state index contributed by atoms with van der Waals surface area (Å²) in [6, 6.07) is 2.85. The van der Waals surface area contributed by atoms with Gasteiger partial charge in [-0.05, 0) is 43.5 Å². The second-order valence-electron chi connectivity index (χ2n) is 5.57. The molecule has 1 heterocycles. The summed E-state index contributed by atoms with van der Waals surface area (Å²) in [7, 11) is -7.20. The molecule has 1 aromatic rings. The molecule has 0 aromatic heterocycles. The predicted octanol–water partition coefficient (Wildman–Crippen LogP) is 0.429. The number of sulfonamides is 1. The van der Waals surface area contributed by atoms with Gasteiger partial charge in [-0.25, -0.2) is 16.8 Å². The van der Waals surface area contributed by atoms with Crippen molar-refractivity contribution >= 4 is 19.9 Å². The van der Waals surface area contributed by atoms with Crippen LogP contribution >= 0.6 is 0 Å². The predicted molar refractivity (Wildman–Crippen MR) is 80.4 cm³/mol. The minimum absolute atomic E-state index is 0.0528. The highest BCUT2D eigenvalue weighted by Gasteiger charge is 2.33. The molecule has 0 aliphatic carbocycles. The third-order valence-corrected chi connectivity index (χ3v) is 6.88. The Balaban J connectivity index is 2.62. The van der Waals surface area contributed by atoms with Crippen LogP contribution in [0.4, 0.5) is 0 Å². The number of nitrogens with zero attached hydrogens (tertiary/aromatic N) is 1. The maximum atomic E-state index is 12.7. The molecule has 1 fully saturated rings. The van der Waals surface area contributed by atoms with Crippen LogP contribution in [0.25, 0.3) is 0 Å². The molecule has 2 N–H and O–H groups in total. The molecule has 1 saturated heterocycles. The van der Waals surface area contributed by atoms with Crippen LogP contribution in [0.5, 0.6) is 0 Å². The molecular formula is C13H20N2O4S2. The van der Waals surface area contributed by atoms with Gasteiger partial charge in [0, 0.05) is 25.4 Å². The quantitative estimate of drug-likeness (QED) is 0.865. The number of nitrogens with two attached hydrogens (primary N) is 1. The summed E-state index contributed by atoms with van der Waals surface area (Å²) in [6.07, 6.45) is 1.69. The summed E-state index contributed by atoms with van der Waals surface area (Å²) < 4.78 is 50.4. The van der Waals surface area contributed by atoms with E-state index in [0.717, 1.165) is 6.26 Å². The maximum Gasteiger partial charge on any atom is 0.243 e. The van der Waals surface area contributed by atoms with E-state index in [2.05, 4.69) is 0 Å². The van der Waals surface area contributed by atoms with Crippen molar-refractivity contribution in [3.05, 3.63) is 23.3 Å². The van der Waals surface area contributed by atoms with Crippen LogP contribution in [0.2, 0.25) is 0 Å². The summed E-state index contributed by atoms with van der Waals surface area (Å²) in [5, 5.41) is 0. The first kappa shape index (κ1) is 16.4. The van der Waals surface area contributed by atoms with Crippen LogP contribution in [-0.4, -0.2) is 46.5 Å². The van der Waals surface area contributed by atoms with Gasteiger partial charge in [0.1, 0.15) is 0 Å². The summed E-state index contributed by atoms with van der Waals surface area (Å²) in [5.74, 6) is 0. The lowest BCUT2D eigenvalue weighted by Gasteiger charge is -2.19. The van der Waals surface area contributed by atoms with Gasteiger partial charge < -0.3 is 5.73 Å². The van der Waals surface area contributed by atoms with E-state index in [1.54, 1.807) is 6.92 Å². The molecule has 1 aromatic carbocycles. The standard InChI is InChI=1S/C13H20N2O4S2/c1-9-6-12(20(3,16)17)10(2)13(7-9)21(18,19)15-5-4-11(14)8-15/h6-7,11H,4-5,8,14H2,1-3H3/t11-/m0/s1. The fourth-order valence-corrected chi connectivity index (χ4v) is 5.53. The molecular weight excluding hydrogens is 312 g/mol. The van der Waals surface area contributed by atoms with Crippen molar-refractivity contribution in [1.82, 2.24) is 4.31 Å². The van der Waals surface area contributed by atoms with Crippen molar-refractivity contribution in [2.75, 3.05) is 19.3 Å². The molecule has 2 rings (SSSR count). The molecule has 1 aliphatic heterocycles. The summed E-state index contributed by atoms with van der Waals surface area (Å²) in [6.45, 7) is 3.84. The molecule has 0 unspecified atom stereocenters. The van der Waals surface area contributed by atoms with Crippen molar-refractivity contribution in [1.29, 1.82) is 0 Å². The smallest absolute Gasteiger partial charge is 0.243 e. The second-order valence-corrected chi connectivity index (χ2v) is 9.46. The number of rotatable bonds is 3. The first-order valence-corrected chi connectivity index (χ1v) is 9.93. The highest BCUT2D eigenvalue weighted by Crippen LogP contribution is 2.28. The van der Waals surface area contributed by atoms with Gasteiger partial charge in [0.05, 0.1) is 9.79 Å². The molecule has 0 saturated carbocycles. The second kappa shape index (κ2) is 5.35. The van der Waals surface area contributed by atoms with Gasteiger partial charge in [0.15, 0.2) is 9.84 Å². The Morgan fingerprint density at radius 1 is 1.14 bits per heavy atom. The van der Waals surface area contributed by atoms with E-state index in [-0.39, 0.29) is 27.9 Å². The Bertz CT molecular complexity index is 770. The Hall–Kier alpha value is -0.960. The van der Waals surface area contributed by atoms with Crippen molar-refractivity contribution in [3.63, 3.8) is 0 Å². The zero-order valence-electron chi connectivity index (χ0n) is 12.3. The lowest BCUT2D eigenvalue weighted by molar-refractivity contribution is 0.471. The van der Waals surface area contributed by atoms with Gasteiger partial charge in [0.2, 0.25) is 10.0 Å². The third-order valence-electron chi connectivity index (χ3n) is 3.66. The lowest BCUT2D eigenvalue weighted by Crippen LogP contribution is -2.32. The molecule has 1 aliphatic rings. The lowest BCUT2D eigenvalue weighted by atomic mass is 10.2. The van der Waals surface area contributed by atoms with Crippen LogP contribution in [-0.2, 0) is 19.9 Å². The first-order valence-electron chi connectivity index (χ1n) is 6.60. The molecule has 0 bridgehead atoms. The summed E-state index contributed by atoms with van der Waals surface area (Å²) >= 11 is 0. The van der Waals surface area contributed by atoms with Gasteiger partial charge in [-0.2, -0.15) is 4.31 Å². The van der Waals surface area contributed by atoms with E-state index in [1.807, 2.05) is 0 Å². The Morgan fingerprint density at radius 3 is 2.19 bits per heavy atom. The average Bonchev–Trinajstić information content (AvgIpc) is 2.77. The Kier molecular flexibility index (Phi) is 4.18. The van der Waals surface area contributed by atoms with Crippen LogP contribution in [0.15, 0.2) is 21.9 Å². The average molecular weight is 332 g/mol. The highest BCUT2D eigenvalue weighted by atomic mass is 32.2. The number of benzene rings is 1. The van der Waals surface area contributed by atoms with Gasteiger partial charge in [-0.15, -0.1) is 0 Å². The summed E-state index contributed by atoms with van der Waals surface area (Å²) in [5.41, 5.74) is 6.63. The molecule has 8 heteroatoms. The molecule has 118 valence electrons. The van der Waals surface area contributed by atoms with Gasteiger partial charge in [-0.3, -0.25) is 0 Å². The van der Waals surface area contributed by atoms with Crippen LogP contribution < -0.4 is 5.73 Å². The van der Waals surface area contributed by atoms with E-state index in [9.17, 15) is 16.8 Å². The van der Waals surface area contributed by atoms with Crippen LogP contribution in [0, 0.1) is 13.8 Å². The first-order chi connectivity index (χ1) is 9.53. The van der Waals surface area contributed by atoms with Gasteiger partial charge in [0.25, 0.3) is 0 Å². The maximum absolute atomic E-state index is 12.7. The van der Waals surface area contributed by atoms with E-state index >= 15 is 0 Å². The molecule has 21 heavy (non-hydrogen) atoms. The van der Waals surface area contributed by atoms with E-state index < -0.39 is 19.9 Å². The minimum atomic E-state index is -3.72. The van der Waals surface area contributed by atoms with E-state index in [0.29, 0.717) is 18.5 Å². The third kappa shape index (κ3) is 3.13. The minimum Gasteiger partial charge on any atom is -0.326 e. The van der Waals surface area contributed by atoms with Crippen LogP contribution in [0.3, 0.4) is 0 Å². The number of hydrogen-bond acceptors (Lipinski definition) is 5. The van der Waals surface area contributed by atoms with Gasteiger partial charge >= 0.3 is 0 Å². The van der Waals surface area contributed by atoms with E-state index in [4.69, 9.17) is 5.73 Å². The molecule has 0 spiro atoms. The van der Waals surface area contributed by atoms with Crippen molar-refractivity contribution in [3.8, 4) is 0 Å². The SMILES string of the molecule is Cc1cc(S(C)(=O)=O)c(C)c(S(=O)(=O)N2CC[C@H](N)C2)c1. The molecule has 0 amide bonds. The Labute approximate surface area is 125 Å². The van der Waals surface area contributed by atoms with Crippen molar-refractivity contribution < 1.29 is 16.8 Å². The number of hydrogen-bond donors (Lipinski definition) is 1. The van der Waals surface area contributed by atoms with Crippen molar-refractivity contribution in [2.24, 2.45) is 5.73 Å². The normalized spacial score (nSPS) is 20.9. The molecule has 0 radical (unpaired) electrons. The fraction of sp³-hybridized carbons (Fsp3) is 0.538. The summed E-state index contributed by atoms with van der Waals surface area (Å²) in [4.78, 5) is 0.113. The van der Waals surface area contributed by atoms with Crippen LogP contribution in [0.1, 0.15) is 17.5 Å². The largest absolute Gasteiger partial charge is 0.326 e. The number of sulfone groups is 1. The molecule has 6 nitrogen and oxygen atoms in total. The van der Waals surface area contributed by atoms with Crippen molar-refractivity contribution in [2.45, 2.75) is 36.1 Å². The molecule has 1 atom stereocenters. The zero-order chi connectivity index (χ0) is 16.0. The van der Waals surface area contributed by atoms with Gasteiger partial charge in [-0.1, -0.05) is 0 Å². The highest BCUT2D eigenvalue weighted by molar-refractivity contribution is 7.91.